The van der Waals surface area contributed by atoms with Crippen LogP contribution in [0.5, 0.6) is 0 Å². The van der Waals surface area contributed by atoms with Crippen LogP contribution in [0.15, 0.2) is 29.1 Å². The van der Waals surface area contributed by atoms with Gasteiger partial charge in [-0.15, -0.1) is 11.3 Å². The SMILES string of the molecule is CCCS(=O)(=O)Nc1ccc(NC(=O)c2sc3nc4n(c(=O)c3c2C)CCC4)cc1. The molecule has 3 heterocycles. The van der Waals surface area contributed by atoms with Crippen molar-refractivity contribution in [2.75, 3.05) is 15.8 Å². The van der Waals surface area contributed by atoms with Gasteiger partial charge in [-0.3, -0.25) is 18.9 Å². The molecule has 3 aromatic rings. The first-order valence-corrected chi connectivity index (χ1v) is 12.2. The Labute approximate surface area is 178 Å². The number of sulfonamides is 1. The summed E-state index contributed by atoms with van der Waals surface area (Å²) in [7, 11) is -3.37. The Balaban J connectivity index is 1.56. The summed E-state index contributed by atoms with van der Waals surface area (Å²) in [5.41, 5.74) is 1.52. The minimum atomic E-state index is -3.37. The molecule has 158 valence electrons. The predicted octanol–water partition coefficient (Wildman–Crippen LogP) is 3.12. The van der Waals surface area contributed by atoms with Crippen molar-refractivity contribution in [3.63, 3.8) is 0 Å². The molecule has 0 saturated carbocycles. The number of anilines is 2. The molecule has 0 fully saturated rings. The van der Waals surface area contributed by atoms with E-state index >= 15 is 0 Å². The Morgan fingerprint density at radius 2 is 1.93 bits per heavy atom. The number of hydrogen-bond acceptors (Lipinski definition) is 6. The maximum atomic E-state index is 12.8. The minimum absolute atomic E-state index is 0.0498. The highest BCUT2D eigenvalue weighted by molar-refractivity contribution is 7.92. The van der Waals surface area contributed by atoms with Crippen molar-refractivity contribution in [1.29, 1.82) is 0 Å². The number of aryl methyl sites for hydroxylation is 2. The van der Waals surface area contributed by atoms with Gasteiger partial charge in [0.25, 0.3) is 11.5 Å². The van der Waals surface area contributed by atoms with Crippen LogP contribution in [0.2, 0.25) is 0 Å². The molecule has 0 bridgehead atoms. The van der Waals surface area contributed by atoms with Crippen molar-refractivity contribution >= 4 is 48.9 Å². The molecule has 0 atom stereocenters. The minimum Gasteiger partial charge on any atom is -0.321 e. The normalized spacial score (nSPS) is 13.4. The first-order chi connectivity index (χ1) is 14.3. The van der Waals surface area contributed by atoms with Gasteiger partial charge in [-0.2, -0.15) is 0 Å². The molecule has 0 unspecified atom stereocenters. The highest BCUT2D eigenvalue weighted by Gasteiger charge is 2.23. The lowest BCUT2D eigenvalue weighted by atomic mass is 10.2. The van der Waals surface area contributed by atoms with Crippen molar-refractivity contribution in [3.05, 3.63) is 50.9 Å². The van der Waals surface area contributed by atoms with Crippen LogP contribution in [0.3, 0.4) is 0 Å². The lowest BCUT2D eigenvalue weighted by molar-refractivity contribution is 0.103. The zero-order chi connectivity index (χ0) is 21.5. The highest BCUT2D eigenvalue weighted by atomic mass is 32.2. The quantitative estimate of drug-likeness (QED) is 0.605. The molecule has 1 amide bonds. The maximum Gasteiger partial charge on any atom is 0.266 e. The zero-order valence-electron chi connectivity index (χ0n) is 16.7. The van der Waals surface area contributed by atoms with Gasteiger partial charge in [-0.1, -0.05) is 6.92 Å². The lowest BCUT2D eigenvalue weighted by Gasteiger charge is -2.09. The number of fused-ring (bicyclic) bond motifs is 2. The molecule has 1 aliphatic heterocycles. The van der Waals surface area contributed by atoms with E-state index in [0.717, 1.165) is 18.7 Å². The molecule has 8 nitrogen and oxygen atoms in total. The van der Waals surface area contributed by atoms with Crippen LogP contribution in [0.4, 0.5) is 11.4 Å². The molecule has 0 radical (unpaired) electrons. The number of carbonyl (C=O) groups is 1. The molecular weight excluding hydrogens is 424 g/mol. The Morgan fingerprint density at radius 3 is 2.63 bits per heavy atom. The van der Waals surface area contributed by atoms with E-state index in [1.165, 1.54) is 11.3 Å². The first kappa shape index (κ1) is 20.5. The number of carbonyl (C=O) groups excluding carboxylic acids is 1. The van der Waals surface area contributed by atoms with Gasteiger partial charge in [0.1, 0.15) is 10.7 Å². The van der Waals surface area contributed by atoms with Gasteiger partial charge < -0.3 is 5.32 Å². The van der Waals surface area contributed by atoms with Crippen molar-refractivity contribution in [3.8, 4) is 0 Å². The fourth-order valence-corrected chi connectivity index (χ4v) is 5.82. The molecule has 10 heteroatoms. The van der Waals surface area contributed by atoms with Gasteiger partial charge in [0, 0.05) is 24.3 Å². The second-order valence-corrected chi connectivity index (χ2v) is 10.1. The van der Waals surface area contributed by atoms with Crippen LogP contribution in [-0.4, -0.2) is 29.6 Å². The third kappa shape index (κ3) is 3.84. The first-order valence-electron chi connectivity index (χ1n) is 9.74. The number of amides is 1. The average Bonchev–Trinajstić information content (AvgIpc) is 3.28. The van der Waals surface area contributed by atoms with E-state index in [4.69, 9.17) is 0 Å². The molecule has 1 aliphatic rings. The van der Waals surface area contributed by atoms with Crippen LogP contribution in [0, 0.1) is 6.92 Å². The third-order valence-electron chi connectivity index (χ3n) is 5.01. The Kier molecular flexibility index (Phi) is 5.37. The molecule has 0 aliphatic carbocycles. The van der Waals surface area contributed by atoms with Crippen LogP contribution in [-0.2, 0) is 23.0 Å². The van der Waals surface area contributed by atoms with Gasteiger partial charge in [-0.05, 0) is 49.6 Å². The van der Waals surface area contributed by atoms with E-state index in [-0.39, 0.29) is 17.2 Å². The van der Waals surface area contributed by atoms with E-state index in [1.807, 2.05) is 0 Å². The molecule has 0 saturated heterocycles. The number of nitrogens with one attached hydrogen (secondary N) is 2. The molecule has 4 rings (SSSR count). The number of nitrogens with zero attached hydrogens (tertiary/aromatic N) is 2. The summed E-state index contributed by atoms with van der Waals surface area (Å²) < 4.78 is 27.9. The Hall–Kier alpha value is -2.72. The largest absolute Gasteiger partial charge is 0.321 e. The molecule has 0 spiro atoms. The second kappa shape index (κ2) is 7.84. The summed E-state index contributed by atoms with van der Waals surface area (Å²) >= 11 is 1.22. The fourth-order valence-electron chi connectivity index (χ4n) is 3.60. The van der Waals surface area contributed by atoms with Crippen molar-refractivity contribution < 1.29 is 13.2 Å². The summed E-state index contributed by atoms with van der Waals surface area (Å²) in [6, 6.07) is 6.45. The fraction of sp³-hybridized carbons (Fsp3) is 0.350. The summed E-state index contributed by atoms with van der Waals surface area (Å²) in [6.45, 7) is 4.23. The summed E-state index contributed by atoms with van der Waals surface area (Å²) in [4.78, 5) is 31.2. The maximum absolute atomic E-state index is 12.8. The molecule has 2 N–H and O–H groups in total. The standard InChI is InChI=1S/C20H22N4O4S2/c1-3-11-30(27,28)23-14-8-6-13(7-9-14)21-18(25)17-12(2)16-19(29-17)22-15-5-4-10-24(15)20(16)26/h6-9,23H,3-5,10-11H2,1-2H3,(H,21,25). The van der Waals surface area contributed by atoms with Gasteiger partial charge in [0.15, 0.2) is 0 Å². The number of hydrogen-bond donors (Lipinski definition) is 2. The lowest BCUT2D eigenvalue weighted by Crippen LogP contribution is -2.20. The smallest absolute Gasteiger partial charge is 0.266 e. The van der Waals surface area contributed by atoms with E-state index < -0.39 is 10.0 Å². The third-order valence-corrected chi connectivity index (χ3v) is 7.68. The number of rotatable bonds is 6. The number of aromatic nitrogens is 2. The van der Waals surface area contributed by atoms with Crippen molar-refractivity contribution in [2.45, 2.75) is 39.7 Å². The average molecular weight is 447 g/mol. The van der Waals surface area contributed by atoms with Crippen LogP contribution >= 0.6 is 11.3 Å². The van der Waals surface area contributed by atoms with E-state index in [9.17, 15) is 18.0 Å². The number of benzene rings is 1. The van der Waals surface area contributed by atoms with Gasteiger partial charge in [0.05, 0.1) is 16.0 Å². The van der Waals surface area contributed by atoms with E-state index in [1.54, 1.807) is 42.7 Å². The van der Waals surface area contributed by atoms with Crippen LogP contribution in [0.1, 0.15) is 40.8 Å². The van der Waals surface area contributed by atoms with Gasteiger partial charge in [0.2, 0.25) is 10.0 Å². The van der Waals surface area contributed by atoms with Gasteiger partial charge in [-0.25, -0.2) is 13.4 Å². The molecule has 2 aromatic heterocycles. The zero-order valence-corrected chi connectivity index (χ0v) is 18.3. The number of thiophene rings is 1. The molecular formula is C20H22N4O4S2. The van der Waals surface area contributed by atoms with Crippen LogP contribution < -0.4 is 15.6 Å². The van der Waals surface area contributed by atoms with Crippen molar-refractivity contribution in [2.24, 2.45) is 0 Å². The predicted molar refractivity (Wildman–Crippen MR) is 119 cm³/mol. The van der Waals surface area contributed by atoms with Crippen molar-refractivity contribution in [1.82, 2.24) is 9.55 Å². The van der Waals surface area contributed by atoms with Crippen LogP contribution in [0.25, 0.3) is 10.2 Å². The Bertz CT molecular complexity index is 1290. The topological polar surface area (TPSA) is 110 Å². The van der Waals surface area contributed by atoms with E-state index in [2.05, 4.69) is 15.0 Å². The summed E-state index contributed by atoms with van der Waals surface area (Å²) in [5, 5.41) is 3.32. The molecule has 30 heavy (non-hydrogen) atoms. The molecule has 1 aromatic carbocycles. The second-order valence-electron chi connectivity index (χ2n) is 7.28. The Morgan fingerprint density at radius 1 is 1.23 bits per heavy atom. The monoisotopic (exact) mass is 446 g/mol. The van der Waals surface area contributed by atoms with Gasteiger partial charge >= 0.3 is 0 Å². The summed E-state index contributed by atoms with van der Waals surface area (Å²) in [5.74, 6) is 0.509. The highest BCUT2D eigenvalue weighted by Crippen LogP contribution is 2.29. The summed E-state index contributed by atoms with van der Waals surface area (Å²) in [6.07, 6.45) is 2.22. The van der Waals surface area contributed by atoms with E-state index in [0.29, 0.717) is 45.0 Å².